The normalized spacial score (nSPS) is 19.2. The molecule has 4 nitrogen and oxygen atoms in total. The van der Waals surface area contributed by atoms with E-state index in [4.69, 9.17) is 4.42 Å². The molecule has 2 aromatic rings. The zero-order valence-electron chi connectivity index (χ0n) is 10.6. The van der Waals surface area contributed by atoms with Crippen molar-refractivity contribution in [2.75, 3.05) is 20.6 Å². The van der Waals surface area contributed by atoms with E-state index in [1.54, 1.807) is 12.1 Å². The van der Waals surface area contributed by atoms with Crippen LogP contribution in [0.4, 0.5) is 0 Å². The largest absolute Gasteiger partial charge is 0.508 e. The average Bonchev–Trinajstić information content (AvgIpc) is 2.93. The van der Waals surface area contributed by atoms with Crippen LogP contribution in [0, 0.1) is 0 Å². The fourth-order valence-corrected chi connectivity index (χ4v) is 2.32. The molecule has 0 saturated carbocycles. The van der Waals surface area contributed by atoms with Crippen LogP contribution in [0.3, 0.4) is 0 Å². The number of fused-ring (bicyclic) bond motifs is 1. The number of nitrogens with zero attached hydrogens (tertiary/aromatic N) is 2. The summed E-state index contributed by atoms with van der Waals surface area (Å²) >= 11 is 0. The third kappa shape index (κ3) is 1.83. The predicted octanol–water partition coefficient (Wildman–Crippen LogP) is 2.59. The third-order valence-corrected chi connectivity index (χ3v) is 3.36. The molecule has 0 aliphatic carbocycles. The van der Waals surface area contributed by atoms with Gasteiger partial charge in [-0.05, 0) is 18.2 Å². The zero-order chi connectivity index (χ0) is 12.7. The van der Waals surface area contributed by atoms with Crippen molar-refractivity contribution >= 4 is 16.8 Å². The Morgan fingerprint density at radius 2 is 2.17 bits per heavy atom. The summed E-state index contributed by atoms with van der Waals surface area (Å²) < 4.78 is 5.81. The number of benzene rings is 1. The van der Waals surface area contributed by atoms with E-state index in [1.165, 1.54) is 0 Å². The van der Waals surface area contributed by atoms with E-state index in [2.05, 4.69) is 9.89 Å². The smallest absolute Gasteiger partial charge is 0.137 e. The Labute approximate surface area is 106 Å². The van der Waals surface area contributed by atoms with Gasteiger partial charge in [-0.3, -0.25) is 4.99 Å². The van der Waals surface area contributed by atoms with E-state index in [1.807, 2.05) is 26.2 Å². The summed E-state index contributed by atoms with van der Waals surface area (Å²) in [4.78, 5) is 6.56. The van der Waals surface area contributed by atoms with Gasteiger partial charge < -0.3 is 14.4 Å². The molecule has 1 aromatic carbocycles. The highest BCUT2D eigenvalue weighted by Gasteiger charge is 2.24. The Bertz CT molecular complexity index is 613. The number of phenolic OH excluding ortho intramolecular Hbond substituents is 1. The first-order valence-electron chi connectivity index (χ1n) is 6.06. The molecular weight excluding hydrogens is 228 g/mol. The fraction of sp³-hybridized carbons (Fsp3) is 0.357. The van der Waals surface area contributed by atoms with Gasteiger partial charge >= 0.3 is 0 Å². The van der Waals surface area contributed by atoms with Gasteiger partial charge in [-0.25, -0.2) is 0 Å². The SMILES string of the molecule is CN(C)C1=NCC(c2cc3ccc(O)cc3o2)C1. The standard InChI is InChI=1S/C14H16N2O2/c1-16(2)14-6-10(8-15-14)12-5-9-3-4-11(17)7-13(9)18-12/h3-5,7,10,17H,6,8H2,1-2H3. The highest BCUT2D eigenvalue weighted by atomic mass is 16.3. The van der Waals surface area contributed by atoms with E-state index in [0.717, 1.165) is 35.5 Å². The minimum absolute atomic E-state index is 0.236. The molecule has 0 bridgehead atoms. The minimum atomic E-state index is 0.236. The predicted molar refractivity (Wildman–Crippen MR) is 71.2 cm³/mol. The van der Waals surface area contributed by atoms with Crippen molar-refractivity contribution in [1.29, 1.82) is 0 Å². The van der Waals surface area contributed by atoms with Crippen molar-refractivity contribution < 1.29 is 9.52 Å². The van der Waals surface area contributed by atoms with E-state index < -0.39 is 0 Å². The van der Waals surface area contributed by atoms with Gasteiger partial charge in [0.15, 0.2) is 0 Å². The molecule has 3 rings (SSSR count). The van der Waals surface area contributed by atoms with Crippen LogP contribution in [0.2, 0.25) is 0 Å². The lowest BCUT2D eigenvalue weighted by Gasteiger charge is -2.12. The molecule has 1 aromatic heterocycles. The molecular formula is C14H16N2O2. The maximum absolute atomic E-state index is 9.43. The van der Waals surface area contributed by atoms with Crippen LogP contribution in [0.15, 0.2) is 33.7 Å². The fourth-order valence-electron chi connectivity index (χ4n) is 2.32. The van der Waals surface area contributed by atoms with Crippen LogP contribution in [0.1, 0.15) is 18.1 Å². The highest BCUT2D eigenvalue weighted by Crippen LogP contribution is 2.32. The van der Waals surface area contributed by atoms with Gasteiger partial charge in [0, 0.05) is 37.9 Å². The van der Waals surface area contributed by atoms with Crippen molar-refractivity contribution in [2.24, 2.45) is 4.99 Å². The Morgan fingerprint density at radius 1 is 1.33 bits per heavy atom. The lowest BCUT2D eigenvalue weighted by atomic mass is 10.0. The number of aliphatic imine (C=N–C) groups is 1. The second kappa shape index (κ2) is 4.05. The van der Waals surface area contributed by atoms with Gasteiger partial charge in [0.2, 0.25) is 0 Å². The molecule has 1 aliphatic rings. The molecule has 0 spiro atoms. The van der Waals surface area contributed by atoms with Crippen molar-refractivity contribution in [3.8, 4) is 5.75 Å². The lowest BCUT2D eigenvalue weighted by molar-refractivity contribution is 0.471. The summed E-state index contributed by atoms with van der Waals surface area (Å²) in [5.41, 5.74) is 0.739. The van der Waals surface area contributed by atoms with Gasteiger partial charge in [0.1, 0.15) is 17.1 Å². The molecule has 1 aliphatic heterocycles. The number of rotatable bonds is 1. The Morgan fingerprint density at radius 3 is 2.89 bits per heavy atom. The molecule has 0 fully saturated rings. The molecule has 4 heteroatoms. The minimum Gasteiger partial charge on any atom is -0.508 e. The van der Waals surface area contributed by atoms with Crippen LogP contribution in [-0.2, 0) is 0 Å². The molecule has 1 atom stereocenters. The molecule has 94 valence electrons. The summed E-state index contributed by atoms with van der Waals surface area (Å²) in [5, 5.41) is 10.5. The van der Waals surface area contributed by atoms with Gasteiger partial charge in [-0.15, -0.1) is 0 Å². The number of hydrogen-bond acceptors (Lipinski definition) is 4. The quantitative estimate of drug-likeness (QED) is 0.838. The molecule has 1 N–H and O–H groups in total. The van der Waals surface area contributed by atoms with Gasteiger partial charge in [0.05, 0.1) is 12.4 Å². The topological polar surface area (TPSA) is 49.0 Å². The number of aromatic hydroxyl groups is 1. The van der Waals surface area contributed by atoms with Crippen LogP contribution in [0.5, 0.6) is 5.75 Å². The molecule has 0 radical (unpaired) electrons. The average molecular weight is 244 g/mol. The maximum Gasteiger partial charge on any atom is 0.137 e. The first kappa shape index (κ1) is 11.1. The molecule has 18 heavy (non-hydrogen) atoms. The summed E-state index contributed by atoms with van der Waals surface area (Å²) in [5.74, 6) is 2.62. The van der Waals surface area contributed by atoms with Gasteiger partial charge in [-0.2, -0.15) is 0 Å². The van der Waals surface area contributed by atoms with E-state index in [9.17, 15) is 5.11 Å². The first-order valence-corrected chi connectivity index (χ1v) is 6.06. The lowest BCUT2D eigenvalue weighted by Crippen LogP contribution is -2.20. The highest BCUT2D eigenvalue weighted by molar-refractivity contribution is 5.85. The molecule has 0 amide bonds. The van der Waals surface area contributed by atoms with Gasteiger partial charge in [-0.1, -0.05) is 0 Å². The Hall–Kier alpha value is -1.97. The van der Waals surface area contributed by atoms with E-state index in [0.29, 0.717) is 5.92 Å². The number of amidine groups is 1. The maximum atomic E-state index is 9.43. The molecule has 0 saturated heterocycles. The first-order chi connectivity index (χ1) is 8.63. The number of phenols is 1. The summed E-state index contributed by atoms with van der Waals surface area (Å²) in [7, 11) is 4.02. The van der Waals surface area contributed by atoms with Crippen molar-refractivity contribution in [3.05, 3.63) is 30.0 Å². The monoisotopic (exact) mass is 244 g/mol. The molecule has 2 heterocycles. The van der Waals surface area contributed by atoms with Crippen LogP contribution in [0.25, 0.3) is 11.0 Å². The molecule has 1 unspecified atom stereocenters. The second-order valence-corrected chi connectivity index (χ2v) is 4.92. The second-order valence-electron chi connectivity index (χ2n) is 4.92. The third-order valence-electron chi connectivity index (χ3n) is 3.36. The van der Waals surface area contributed by atoms with E-state index in [-0.39, 0.29) is 5.75 Å². The van der Waals surface area contributed by atoms with Crippen molar-refractivity contribution in [3.63, 3.8) is 0 Å². The summed E-state index contributed by atoms with van der Waals surface area (Å²) in [6.07, 6.45) is 0.915. The Balaban J connectivity index is 1.88. The van der Waals surface area contributed by atoms with Crippen molar-refractivity contribution in [1.82, 2.24) is 4.90 Å². The number of hydrogen-bond donors (Lipinski definition) is 1. The van der Waals surface area contributed by atoms with Crippen molar-refractivity contribution in [2.45, 2.75) is 12.3 Å². The van der Waals surface area contributed by atoms with Crippen LogP contribution < -0.4 is 0 Å². The number of furan rings is 1. The Kier molecular flexibility index (Phi) is 2.51. The van der Waals surface area contributed by atoms with E-state index >= 15 is 0 Å². The zero-order valence-corrected chi connectivity index (χ0v) is 10.6. The van der Waals surface area contributed by atoms with Crippen LogP contribution in [-0.4, -0.2) is 36.5 Å². The van der Waals surface area contributed by atoms with Crippen LogP contribution >= 0.6 is 0 Å². The summed E-state index contributed by atoms with van der Waals surface area (Å²) in [6.45, 7) is 0.777. The summed E-state index contributed by atoms with van der Waals surface area (Å²) in [6, 6.07) is 7.26. The van der Waals surface area contributed by atoms with Gasteiger partial charge in [0.25, 0.3) is 0 Å².